The fraction of sp³-hybridized carbons (Fsp3) is 0.867. The summed E-state index contributed by atoms with van der Waals surface area (Å²) < 4.78 is 0. The van der Waals surface area contributed by atoms with E-state index in [1.165, 1.54) is 63.5 Å². The van der Waals surface area contributed by atoms with Gasteiger partial charge < -0.3 is 5.32 Å². The van der Waals surface area contributed by atoms with Gasteiger partial charge in [-0.25, -0.2) is 0 Å². The lowest BCUT2D eigenvalue weighted by Crippen LogP contribution is -2.63. The van der Waals surface area contributed by atoms with Crippen molar-refractivity contribution in [2.45, 2.75) is 119 Å². The number of rotatable bonds is 3. The molecule has 4 fully saturated rings. The van der Waals surface area contributed by atoms with E-state index in [0.717, 1.165) is 30.1 Å². The fourth-order valence-electron chi connectivity index (χ4n) is 9.83. The van der Waals surface area contributed by atoms with Gasteiger partial charge in [0, 0.05) is 5.54 Å². The SMILES string of the molecule is CC(C)=CC/C=C(/C)[C@H]1CC[C@]2(C)[C@@H]1CC[C@@H]1[C@@]3(C)CCCNC(C)(C)[C@@H]3CC[C@]12C. The van der Waals surface area contributed by atoms with Crippen LogP contribution < -0.4 is 5.32 Å². The summed E-state index contributed by atoms with van der Waals surface area (Å²) in [4.78, 5) is 0. The molecule has 1 heterocycles. The van der Waals surface area contributed by atoms with Crippen LogP contribution in [0.4, 0.5) is 0 Å². The lowest BCUT2D eigenvalue weighted by molar-refractivity contribution is -0.180. The second-order valence-electron chi connectivity index (χ2n) is 13.5. The van der Waals surface area contributed by atoms with Crippen LogP contribution in [0.25, 0.3) is 0 Å². The van der Waals surface area contributed by atoms with Crippen molar-refractivity contribution in [1.82, 2.24) is 5.32 Å². The summed E-state index contributed by atoms with van der Waals surface area (Å²) in [5, 5.41) is 3.95. The van der Waals surface area contributed by atoms with Crippen LogP contribution in [0.15, 0.2) is 23.3 Å². The Hall–Kier alpha value is -0.560. The van der Waals surface area contributed by atoms with Crippen LogP contribution >= 0.6 is 0 Å². The average molecular weight is 426 g/mol. The van der Waals surface area contributed by atoms with Crippen molar-refractivity contribution < 1.29 is 0 Å². The highest BCUT2D eigenvalue weighted by Crippen LogP contribution is 2.74. The Bertz CT molecular complexity index is 740. The average Bonchev–Trinajstić information content (AvgIpc) is 2.97. The van der Waals surface area contributed by atoms with Gasteiger partial charge >= 0.3 is 0 Å². The molecule has 3 saturated carbocycles. The number of allylic oxidation sites excluding steroid dienone is 4. The first kappa shape index (κ1) is 23.6. The van der Waals surface area contributed by atoms with E-state index < -0.39 is 0 Å². The molecule has 0 bridgehead atoms. The molecule has 0 unspecified atom stereocenters. The predicted octanol–water partition coefficient (Wildman–Crippen LogP) is 8.32. The zero-order valence-corrected chi connectivity index (χ0v) is 22.0. The summed E-state index contributed by atoms with van der Waals surface area (Å²) >= 11 is 0. The number of hydrogen-bond acceptors (Lipinski definition) is 1. The maximum atomic E-state index is 3.95. The summed E-state index contributed by atoms with van der Waals surface area (Å²) in [6.07, 6.45) is 17.5. The van der Waals surface area contributed by atoms with Crippen LogP contribution in [-0.2, 0) is 0 Å². The predicted molar refractivity (Wildman–Crippen MR) is 135 cm³/mol. The first-order valence-electron chi connectivity index (χ1n) is 13.5. The minimum Gasteiger partial charge on any atom is -0.311 e. The van der Waals surface area contributed by atoms with Crippen molar-refractivity contribution in [1.29, 1.82) is 0 Å². The third-order valence-electron chi connectivity index (χ3n) is 11.6. The molecular weight excluding hydrogens is 374 g/mol. The summed E-state index contributed by atoms with van der Waals surface area (Å²) in [6, 6.07) is 0. The van der Waals surface area contributed by atoms with E-state index in [-0.39, 0.29) is 5.54 Å². The Morgan fingerprint density at radius 3 is 2.23 bits per heavy atom. The molecule has 7 atom stereocenters. The second-order valence-corrected chi connectivity index (χ2v) is 13.5. The molecule has 1 aliphatic heterocycles. The van der Waals surface area contributed by atoms with E-state index in [0.29, 0.717) is 16.2 Å². The normalized spacial score (nSPS) is 47.0. The summed E-state index contributed by atoms with van der Waals surface area (Å²) in [6.45, 7) is 21.3. The maximum absolute atomic E-state index is 3.95. The zero-order chi connectivity index (χ0) is 22.7. The van der Waals surface area contributed by atoms with Crippen molar-refractivity contribution in [2.75, 3.05) is 6.54 Å². The highest BCUT2D eigenvalue weighted by atomic mass is 15.0. The van der Waals surface area contributed by atoms with Gasteiger partial charge in [0.05, 0.1) is 0 Å². The smallest absolute Gasteiger partial charge is 0.0158 e. The molecule has 4 rings (SSSR count). The number of hydrogen-bond donors (Lipinski definition) is 1. The van der Waals surface area contributed by atoms with E-state index >= 15 is 0 Å². The Labute approximate surface area is 193 Å². The van der Waals surface area contributed by atoms with E-state index in [1.54, 1.807) is 5.57 Å². The van der Waals surface area contributed by atoms with Gasteiger partial charge in [-0.1, -0.05) is 44.1 Å². The molecule has 0 amide bonds. The minimum atomic E-state index is 0.285. The lowest BCUT2D eigenvalue weighted by atomic mass is 9.37. The number of nitrogens with one attached hydrogen (secondary N) is 1. The standard InChI is InChI=1S/C30H51N/c1-21(2)11-9-12-22(3)23-15-18-29(7)24(23)13-14-26-28(6)17-10-20-31-27(4,5)25(28)16-19-30(26,29)8/h11-12,23-26,31H,9-10,13-20H2,1-8H3/b22-12-/t23-,24-,25+,26-,28+,29-,30-/m1/s1. The van der Waals surface area contributed by atoms with Crippen LogP contribution in [0, 0.1) is 39.9 Å². The molecule has 1 heteroatoms. The molecule has 4 aliphatic rings. The summed E-state index contributed by atoms with van der Waals surface area (Å²) in [7, 11) is 0. The van der Waals surface area contributed by atoms with Gasteiger partial charge in [-0.2, -0.15) is 0 Å². The Balaban J connectivity index is 1.63. The van der Waals surface area contributed by atoms with Crippen molar-refractivity contribution in [3.8, 4) is 0 Å². The monoisotopic (exact) mass is 425 g/mol. The molecule has 0 radical (unpaired) electrons. The van der Waals surface area contributed by atoms with Gasteiger partial charge in [-0.05, 0) is 139 Å². The lowest BCUT2D eigenvalue weighted by Gasteiger charge is -2.67. The molecule has 31 heavy (non-hydrogen) atoms. The molecule has 0 spiro atoms. The van der Waals surface area contributed by atoms with E-state index in [4.69, 9.17) is 0 Å². The van der Waals surface area contributed by atoms with Crippen LogP contribution in [0.3, 0.4) is 0 Å². The van der Waals surface area contributed by atoms with Crippen LogP contribution in [0.1, 0.15) is 113 Å². The molecule has 0 aromatic carbocycles. The molecule has 0 aromatic heterocycles. The quantitative estimate of drug-likeness (QED) is 0.448. The van der Waals surface area contributed by atoms with Gasteiger partial charge in [0.15, 0.2) is 0 Å². The van der Waals surface area contributed by atoms with Gasteiger partial charge in [-0.15, -0.1) is 0 Å². The molecule has 1 nitrogen and oxygen atoms in total. The van der Waals surface area contributed by atoms with E-state index in [1.807, 2.05) is 0 Å². The first-order chi connectivity index (χ1) is 14.5. The molecular formula is C30H51N. The molecule has 3 aliphatic carbocycles. The van der Waals surface area contributed by atoms with E-state index in [9.17, 15) is 0 Å². The Morgan fingerprint density at radius 2 is 1.52 bits per heavy atom. The third kappa shape index (κ3) is 3.60. The van der Waals surface area contributed by atoms with Crippen LogP contribution in [-0.4, -0.2) is 12.1 Å². The molecule has 176 valence electrons. The van der Waals surface area contributed by atoms with E-state index in [2.05, 4.69) is 72.9 Å². The van der Waals surface area contributed by atoms with Crippen molar-refractivity contribution in [3.63, 3.8) is 0 Å². The van der Waals surface area contributed by atoms with Gasteiger partial charge in [0.2, 0.25) is 0 Å². The number of fused-ring (bicyclic) bond motifs is 5. The molecule has 1 saturated heterocycles. The minimum absolute atomic E-state index is 0.285. The maximum Gasteiger partial charge on any atom is 0.0158 e. The fourth-order valence-corrected chi connectivity index (χ4v) is 9.83. The summed E-state index contributed by atoms with van der Waals surface area (Å²) in [5.74, 6) is 3.44. The highest BCUT2D eigenvalue weighted by molar-refractivity contribution is 5.21. The van der Waals surface area contributed by atoms with Gasteiger partial charge in [0.25, 0.3) is 0 Å². The topological polar surface area (TPSA) is 12.0 Å². The largest absolute Gasteiger partial charge is 0.311 e. The Morgan fingerprint density at radius 1 is 0.806 bits per heavy atom. The van der Waals surface area contributed by atoms with Crippen molar-refractivity contribution in [2.24, 2.45) is 39.9 Å². The van der Waals surface area contributed by atoms with Crippen molar-refractivity contribution >= 4 is 0 Å². The van der Waals surface area contributed by atoms with Crippen molar-refractivity contribution in [3.05, 3.63) is 23.3 Å². The Kier molecular flexibility index (Phi) is 6.11. The zero-order valence-electron chi connectivity index (χ0n) is 22.0. The van der Waals surface area contributed by atoms with Crippen LogP contribution in [0.2, 0.25) is 0 Å². The van der Waals surface area contributed by atoms with Gasteiger partial charge in [-0.3, -0.25) is 0 Å². The summed E-state index contributed by atoms with van der Waals surface area (Å²) in [5.41, 5.74) is 4.94. The van der Waals surface area contributed by atoms with Gasteiger partial charge in [0.1, 0.15) is 0 Å². The third-order valence-corrected chi connectivity index (χ3v) is 11.6. The second kappa shape index (κ2) is 8.03. The first-order valence-corrected chi connectivity index (χ1v) is 13.5. The molecule has 1 N–H and O–H groups in total. The van der Waals surface area contributed by atoms with Crippen LogP contribution in [0.5, 0.6) is 0 Å². The highest BCUT2D eigenvalue weighted by Gasteiger charge is 2.67. The molecule has 0 aromatic rings.